The van der Waals surface area contributed by atoms with Gasteiger partial charge in [0.05, 0.1) is 6.54 Å². The van der Waals surface area contributed by atoms with Crippen LogP contribution in [0.15, 0.2) is 53.5 Å². The van der Waals surface area contributed by atoms with E-state index in [-0.39, 0.29) is 29.9 Å². The predicted octanol–water partition coefficient (Wildman–Crippen LogP) is 4.17. The topological polar surface area (TPSA) is 56.7 Å². The van der Waals surface area contributed by atoms with Gasteiger partial charge >= 0.3 is 0 Å². The van der Waals surface area contributed by atoms with Gasteiger partial charge in [-0.05, 0) is 43.0 Å². The van der Waals surface area contributed by atoms with Crippen molar-refractivity contribution in [3.63, 3.8) is 0 Å². The Kier molecular flexibility index (Phi) is 10.7. The number of nitrogens with one attached hydrogen (secondary N) is 2. The normalized spacial score (nSPS) is 12.0. The van der Waals surface area contributed by atoms with Crippen LogP contribution in [0.25, 0.3) is 0 Å². The SMILES string of the molecule is CCNC(=NCc1ccc(C(=O)N(C)C)cc1)NCC(C)c1ccc(C)cc1.I. The minimum atomic E-state index is 0. The summed E-state index contributed by atoms with van der Waals surface area (Å²) in [4.78, 5) is 18.2. The Labute approximate surface area is 192 Å². The van der Waals surface area contributed by atoms with Crippen LogP contribution in [0.2, 0.25) is 0 Å². The molecule has 2 rings (SSSR count). The monoisotopic (exact) mass is 508 g/mol. The lowest BCUT2D eigenvalue weighted by Gasteiger charge is -2.16. The van der Waals surface area contributed by atoms with E-state index in [1.165, 1.54) is 11.1 Å². The number of guanidine groups is 1. The molecule has 1 atom stereocenters. The molecule has 1 unspecified atom stereocenters. The number of nitrogens with zero attached hydrogens (tertiary/aromatic N) is 2. The van der Waals surface area contributed by atoms with Crippen molar-refractivity contribution in [2.45, 2.75) is 33.2 Å². The first-order chi connectivity index (χ1) is 13.4. The fraction of sp³-hybridized carbons (Fsp3) is 0.391. The van der Waals surface area contributed by atoms with Gasteiger partial charge in [0.25, 0.3) is 5.91 Å². The van der Waals surface area contributed by atoms with E-state index in [4.69, 9.17) is 0 Å². The highest BCUT2D eigenvalue weighted by molar-refractivity contribution is 14.0. The van der Waals surface area contributed by atoms with Gasteiger partial charge in [0.2, 0.25) is 0 Å². The van der Waals surface area contributed by atoms with E-state index in [1.54, 1.807) is 19.0 Å². The second-order valence-electron chi connectivity index (χ2n) is 7.28. The summed E-state index contributed by atoms with van der Waals surface area (Å²) in [6, 6.07) is 16.3. The van der Waals surface area contributed by atoms with E-state index in [2.05, 4.69) is 60.7 Å². The first-order valence-corrected chi connectivity index (χ1v) is 9.80. The first-order valence-electron chi connectivity index (χ1n) is 9.80. The summed E-state index contributed by atoms with van der Waals surface area (Å²) in [5, 5.41) is 6.72. The lowest BCUT2D eigenvalue weighted by Crippen LogP contribution is -2.39. The second kappa shape index (κ2) is 12.5. The number of aliphatic imine (C=N–C) groups is 1. The van der Waals surface area contributed by atoms with Crippen molar-refractivity contribution in [2.24, 2.45) is 4.99 Å². The number of rotatable bonds is 7. The van der Waals surface area contributed by atoms with Gasteiger partial charge in [0, 0.05) is 32.7 Å². The average Bonchev–Trinajstić information content (AvgIpc) is 2.70. The highest BCUT2D eigenvalue weighted by Gasteiger charge is 2.08. The summed E-state index contributed by atoms with van der Waals surface area (Å²) in [5.41, 5.74) is 4.35. The molecule has 0 aliphatic carbocycles. The molecule has 0 heterocycles. The zero-order valence-electron chi connectivity index (χ0n) is 18.0. The number of amides is 1. The molecular formula is C23H33IN4O. The largest absolute Gasteiger partial charge is 0.357 e. The Morgan fingerprint density at radius 1 is 1.03 bits per heavy atom. The van der Waals surface area contributed by atoms with Gasteiger partial charge in [0.15, 0.2) is 5.96 Å². The molecule has 2 N–H and O–H groups in total. The summed E-state index contributed by atoms with van der Waals surface area (Å²) < 4.78 is 0. The molecule has 5 nitrogen and oxygen atoms in total. The molecule has 0 radical (unpaired) electrons. The van der Waals surface area contributed by atoms with Crippen LogP contribution in [0.1, 0.15) is 46.8 Å². The second-order valence-corrected chi connectivity index (χ2v) is 7.28. The maximum Gasteiger partial charge on any atom is 0.253 e. The molecule has 2 aromatic rings. The smallest absolute Gasteiger partial charge is 0.253 e. The number of halogens is 1. The Bertz CT molecular complexity index is 786. The van der Waals surface area contributed by atoms with E-state index in [9.17, 15) is 4.79 Å². The van der Waals surface area contributed by atoms with Crippen molar-refractivity contribution in [1.29, 1.82) is 0 Å². The van der Waals surface area contributed by atoms with Crippen LogP contribution in [-0.4, -0.2) is 44.0 Å². The Balaban J connectivity index is 0.00000420. The van der Waals surface area contributed by atoms with Crippen LogP contribution in [0.5, 0.6) is 0 Å². The highest BCUT2D eigenvalue weighted by atomic mass is 127. The average molecular weight is 508 g/mol. The van der Waals surface area contributed by atoms with E-state index >= 15 is 0 Å². The molecule has 0 aliphatic rings. The van der Waals surface area contributed by atoms with E-state index in [1.807, 2.05) is 24.3 Å². The van der Waals surface area contributed by atoms with Crippen molar-refractivity contribution in [1.82, 2.24) is 15.5 Å². The van der Waals surface area contributed by atoms with Gasteiger partial charge in [-0.25, -0.2) is 4.99 Å². The van der Waals surface area contributed by atoms with E-state index in [0.717, 1.165) is 24.6 Å². The zero-order valence-corrected chi connectivity index (χ0v) is 20.4. The molecule has 158 valence electrons. The summed E-state index contributed by atoms with van der Waals surface area (Å²) >= 11 is 0. The molecule has 29 heavy (non-hydrogen) atoms. The van der Waals surface area contributed by atoms with E-state index < -0.39 is 0 Å². The van der Waals surface area contributed by atoms with Gasteiger partial charge in [-0.1, -0.05) is 48.9 Å². The first kappa shape index (κ1) is 24.9. The lowest BCUT2D eigenvalue weighted by atomic mass is 10.0. The molecule has 0 saturated carbocycles. The molecule has 0 saturated heterocycles. The Morgan fingerprint density at radius 3 is 2.21 bits per heavy atom. The van der Waals surface area contributed by atoms with Gasteiger partial charge < -0.3 is 15.5 Å². The number of carbonyl (C=O) groups excluding carboxylic acids is 1. The summed E-state index contributed by atoms with van der Waals surface area (Å²) in [7, 11) is 3.51. The molecule has 1 amide bonds. The quantitative estimate of drug-likeness (QED) is 0.336. The molecule has 6 heteroatoms. The van der Waals surface area contributed by atoms with Gasteiger partial charge in [-0.15, -0.1) is 24.0 Å². The molecule has 0 aromatic heterocycles. The maximum absolute atomic E-state index is 12.0. The van der Waals surface area contributed by atoms with Crippen LogP contribution in [0.3, 0.4) is 0 Å². The summed E-state index contributed by atoms with van der Waals surface area (Å²) in [6.07, 6.45) is 0. The summed E-state index contributed by atoms with van der Waals surface area (Å²) in [5.74, 6) is 1.20. The minimum absolute atomic E-state index is 0. The molecule has 0 bridgehead atoms. The molecule has 0 fully saturated rings. The molecule has 2 aromatic carbocycles. The summed E-state index contributed by atoms with van der Waals surface area (Å²) in [6.45, 7) is 8.55. The standard InChI is InChI=1S/C23H32N4O.HI/c1-6-24-23(25-15-18(3)20-11-7-17(2)8-12-20)26-16-19-9-13-21(14-10-19)22(28)27(4)5;/h7-14,18H,6,15-16H2,1-5H3,(H2,24,25,26);1H. The fourth-order valence-electron chi connectivity index (χ4n) is 2.79. The zero-order chi connectivity index (χ0) is 20.5. The molecule has 0 spiro atoms. The number of hydrogen-bond donors (Lipinski definition) is 2. The molecular weight excluding hydrogens is 475 g/mol. The third-order valence-corrected chi connectivity index (χ3v) is 4.59. The van der Waals surface area contributed by atoms with E-state index in [0.29, 0.717) is 18.0 Å². The number of carbonyl (C=O) groups is 1. The minimum Gasteiger partial charge on any atom is -0.357 e. The lowest BCUT2D eigenvalue weighted by molar-refractivity contribution is 0.0827. The van der Waals surface area contributed by atoms with Crippen LogP contribution in [0.4, 0.5) is 0 Å². The third-order valence-electron chi connectivity index (χ3n) is 4.59. The van der Waals surface area contributed by atoms with Gasteiger partial charge in [-0.3, -0.25) is 4.79 Å². The predicted molar refractivity (Wildman–Crippen MR) is 132 cm³/mol. The number of benzene rings is 2. The van der Waals surface area contributed by atoms with Crippen LogP contribution < -0.4 is 10.6 Å². The van der Waals surface area contributed by atoms with Crippen LogP contribution in [0, 0.1) is 6.92 Å². The van der Waals surface area contributed by atoms with Crippen molar-refractivity contribution in [3.8, 4) is 0 Å². The fourth-order valence-corrected chi connectivity index (χ4v) is 2.79. The Hall–Kier alpha value is -2.09. The third kappa shape index (κ3) is 8.04. The van der Waals surface area contributed by atoms with Crippen molar-refractivity contribution in [2.75, 3.05) is 27.2 Å². The Morgan fingerprint density at radius 2 is 1.66 bits per heavy atom. The highest BCUT2D eigenvalue weighted by Crippen LogP contribution is 2.14. The van der Waals surface area contributed by atoms with Crippen LogP contribution in [-0.2, 0) is 6.54 Å². The van der Waals surface area contributed by atoms with Gasteiger partial charge in [0.1, 0.15) is 0 Å². The van der Waals surface area contributed by atoms with Crippen molar-refractivity contribution < 1.29 is 4.79 Å². The number of hydrogen-bond acceptors (Lipinski definition) is 2. The van der Waals surface area contributed by atoms with Crippen LogP contribution >= 0.6 is 24.0 Å². The van der Waals surface area contributed by atoms with Gasteiger partial charge in [-0.2, -0.15) is 0 Å². The molecule has 0 aliphatic heterocycles. The number of aryl methyl sites for hydroxylation is 1. The maximum atomic E-state index is 12.0. The van der Waals surface area contributed by atoms with Crippen molar-refractivity contribution in [3.05, 3.63) is 70.8 Å². The van der Waals surface area contributed by atoms with Crippen molar-refractivity contribution >= 4 is 35.8 Å².